The predicted molar refractivity (Wildman–Crippen MR) is 127 cm³/mol. The van der Waals surface area contributed by atoms with Crippen LogP contribution in [0.1, 0.15) is 19.4 Å². The van der Waals surface area contributed by atoms with Crippen molar-refractivity contribution >= 4 is 21.6 Å². The second-order valence-electron chi connectivity index (χ2n) is 8.27. The van der Waals surface area contributed by atoms with E-state index in [9.17, 15) is 13.2 Å². The number of hydrogen-bond acceptors (Lipinski definition) is 7. The largest absolute Gasteiger partial charge is 0.352 e. The van der Waals surface area contributed by atoms with Crippen molar-refractivity contribution in [3.05, 3.63) is 66.4 Å². The first-order chi connectivity index (χ1) is 15.8. The van der Waals surface area contributed by atoms with Crippen LogP contribution in [0.4, 0.5) is 5.82 Å². The topological polar surface area (TPSA) is 96.4 Å². The van der Waals surface area contributed by atoms with Crippen LogP contribution in [0.2, 0.25) is 0 Å². The number of pyridine rings is 1. The molecule has 1 amide bonds. The molecule has 0 radical (unpaired) electrons. The summed E-state index contributed by atoms with van der Waals surface area (Å²) in [6.45, 7) is 5.87. The zero-order valence-electron chi connectivity index (χ0n) is 18.8. The van der Waals surface area contributed by atoms with Crippen molar-refractivity contribution in [2.75, 3.05) is 31.1 Å². The molecule has 0 saturated carbocycles. The Balaban J connectivity index is 1.32. The third-order valence-electron chi connectivity index (χ3n) is 5.76. The van der Waals surface area contributed by atoms with E-state index in [1.54, 1.807) is 44.3 Å². The van der Waals surface area contributed by atoms with E-state index >= 15 is 0 Å². The molecule has 1 aliphatic rings. The lowest BCUT2D eigenvalue weighted by Gasteiger charge is -2.35. The number of rotatable bonds is 6. The van der Waals surface area contributed by atoms with Gasteiger partial charge in [-0.2, -0.15) is 0 Å². The number of nitrogens with zero attached hydrogens (tertiary/aromatic N) is 5. The molecule has 1 aromatic carbocycles. The van der Waals surface area contributed by atoms with Crippen molar-refractivity contribution in [3.63, 3.8) is 0 Å². The summed E-state index contributed by atoms with van der Waals surface area (Å²) >= 11 is 0. The number of piperazine rings is 1. The molecule has 0 bridgehead atoms. The molecular weight excluding hydrogens is 438 g/mol. The van der Waals surface area contributed by atoms with Gasteiger partial charge in [-0.1, -0.05) is 18.2 Å². The molecular formula is C24H27N5O3S. The van der Waals surface area contributed by atoms with Crippen molar-refractivity contribution in [3.8, 4) is 11.4 Å². The van der Waals surface area contributed by atoms with Gasteiger partial charge in [-0.25, -0.2) is 8.42 Å². The number of aromatic nitrogens is 3. The summed E-state index contributed by atoms with van der Waals surface area (Å²) in [7, 11) is -3.31. The molecule has 1 saturated heterocycles. The highest BCUT2D eigenvalue weighted by molar-refractivity contribution is 7.92. The maximum absolute atomic E-state index is 12.8. The van der Waals surface area contributed by atoms with Crippen molar-refractivity contribution in [2.24, 2.45) is 0 Å². The molecule has 1 fully saturated rings. The summed E-state index contributed by atoms with van der Waals surface area (Å²) < 4.78 is 24.5. The van der Waals surface area contributed by atoms with Gasteiger partial charge < -0.3 is 9.80 Å². The number of carbonyl (C=O) groups excluding carboxylic acids is 1. The quantitative estimate of drug-likeness (QED) is 0.552. The van der Waals surface area contributed by atoms with Crippen LogP contribution in [0.15, 0.2) is 65.7 Å². The molecule has 4 rings (SSSR count). The highest BCUT2D eigenvalue weighted by Crippen LogP contribution is 2.19. The minimum absolute atomic E-state index is 0.0331. The summed E-state index contributed by atoms with van der Waals surface area (Å²) in [5.74, 6) is 0.814. The Morgan fingerprint density at radius 3 is 2.21 bits per heavy atom. The SMILES string of the molecule is CC(C)S(=O)(=O)c1ccc(CC(=O)N2CCN(c3ccc(-c4ccccn4)nn3)CC2)cc1. The fourth-order valence-electron chi connectivity index (χ4n) is 3.69. The molecule has 9 heteroatoms. The smallest absolute Gasteiger partial charge is 0.227 e. The Kier molecular flexibility index (Phi) is 6.69. The Labute approximate surface area is 194 Å². The molecule has 2 aromatic heterocycles. The monoisotopic (exact) mass is 465 g/mol. The third kappa shape index (κ3) is 5.19. The van der Waals surface area contributed by atoms with Gasteiger partial charge in [0.2, 0.25) is 5.91 Å². The molecule has 172 valence electrons. The lowest BCUT2D eigenvalue weighted by atomic mass is 10.1. The highest BCUT2D eigenvalue weighted by atomic mass is 32.2. The first kappa shape index (κ1) is 22.8. The van der Waals surface area contributed by atoms with Gasteiger partial charge in [-0.15, -0.1) is 10.2 Å². The van der Waals surface area contributed by atoms with Crippen molar-refractivity contribution < 1.29 is 13.2 Å². The Bertz CT molecular complexity index is 1190. The van der Waals surface area contributed by atoms with Gasteiger partial charge in [0.1, 0.15) is 5.69 Å². The first-order valence-electron chi connectivity index (χ1n) is 11.0. The Morgan fingerprint density at radius 2 is 1.64 bits per heavy atom. The number of amides is 1. The van der Waals surface area contributed by atoms with Crippen LogP contribution in [0.3, 0.4) is 0 Å². The molecule has 0 N–H and O–H groups in total. The molecule has 0 unspecified atom stereocenters. The molecule has 3 aromatic rings. The fraction of sp³-hybridized carbons (Fsp3) is 0.333. The summed E-state index contributed by atoms with van der Waals surface area (Å²) in [6, 6.07) is 16.1. The van der Waals surface area contributed by atoms with Crippen LogP contribution in [0.5, 0.6) is 0 Å². The van der Waals surface area contributed by atoms with E-state index in [1.165, 1.54) is 0 Å². The van der Waals surface area contributed by atoms with Gasteiger partial charge in [0.25, 0.3) is 0 Å². The predicted octanol–water partition coefficient (Wildman–Crippen LogP) is 2.61. The number of benzene rings is 1. The van der Waals surface area contributed by atoms with E-state index in [2.05, 4.69) is 20.1 Å². The molecule has 3 heterocycles. The minimum atomic E-state index is -3.31. The number of hydrogen-bond donors (Lipinski definition) is 0. The summed E-state index contributed by atoms with van der Waals surface area (Å²) in [4.78, 5) is 21.3. The van der Waals surface area contributed by atoms with Gasteiger partial charge in [0.15, 0.2) is 15.7 Å². The molecule has 0 spiro atoms. The maximum atomic E-state index is 12.8. The van der Waals surface area contributed by atoms with Gasteiger partial charge in [0, 0.05) is 32.4 Å². The lowest BCUT2D eigenvalue weighted by molar-refractivity contribution is -0.130. The van der Waals surface area contributed by atoms with E-state index in [1.807, 2.05) is 35.2 Å². The average molecular weight is 466 g/mol. The second kappa shape index (κ2) is 9.66. The zero-order valence-corrected chi connectivity index (χ0v) is 19.6. The van der Waals surface area contributed by atoms with Crippen molar-refractivity contribution in [2.45, 2.75) is 30.4 Å². The van der Waals surface area contributed by atoms with Gasteiger partial charge in [0.05, 0.1) is 22.3 Å². The first-order valence-corrected chi connectivity index (χ1v) is 12.5. The van der Waals surface area contributed by atoms with E-state index in [0.29, 0.717) is 26.2 Å². The summed E-state index contributed by atoms with van der Waals surface area (Å²) in [6.07, 6.45) is 1.98. The van der Waals surface area contributed by atoms with E-state index in [-0.39, 0.29) is 17.2 Å². The molecule has 1 aliphatic heterocycles. The van der Waals surface area contributed by atoms with E-state index in [0.717, 1.165) is 22.8 Å². The summed E-state index contributed by atoms with van der Waals surface area (Å²) in [5, 5.41) is 8.16. The van der Waals surface area contributed by atoms with Crippen LogP contribution in [0.25, 0.3) is 11.4 Å². The maximum Gasteiger partial charge on any atom is 0.227 e. The van der Waals surface area contributed by atoms with E-state index in [4.69, 9.17) is 0 Å². The molecule has 0 atom stereocenters. The van der Waals surface area contributed by atoms with Crippen LogP contribution in [-0.4, -0.2) is 65.8 Å². The average Bonchev–Trinajstić information content (AvgIpc) is 2.85. The fourth-order valence-corrected chi connectivity index (χ4v) is 4.75. The highest BCUT2D eigenvalue weighted by Gasteiger charge is 2.23. The number of anilines is 1. The molecule has 8 nitrogen and oxygen atoms in total. The van der Waals surface area contributed by atoms with Gasteiger partial charge >= 0.3 is 0 Å². The van der Waals surface area contributed by atoms with Crippen LogP contribution < -0.4 is 4.90 Å². The van der Waals surface area contributed by atoms with Crippen molar-refractivity contribution in [1.29, 1.82) is 0 Å². The number of carbonyl (C=O) groups is 1. The van der Waals surface area contributed by atoms with Gasteiger partial charge in [-0.05, 0) is 55.8 Å². The van der Waals surface area contributed by atoms with Crippen LogP contribution in [-0.2, 0) is 21.1 Å². The second-order valence-corrected chi connectivity index (χ2v) is 10.8. The summed E-state index contributed by atoms with van der Waals surface area (Å²) in [5.41, 5.74) is 2.31. The zero-order chi connectivity index (χ0) is 23.4. The lowest BCUT2D eigenvalue weighted by Crippen LogP contribution is -2.49. The third-order valence-corrected chi connectivity index (χ3v) is 7.93. The standard InChI is InChI=1S/C24H27N5O3S/c1-18(2)33(31,32)20-8-6-19(7-9-20)17-24(30)29-15-13-28(14-16-29)23-11-10-22(26-27-23)21-5-3-4-12-25-21/h3-12,18H,13-17H2,1-2H3. The number of sulfone groups is 1. The normalized spacial score (nSPS) is 14.5. The van der Waals surface area contributed by atoms with Gasteiger partial charge in [-0.3, -0.25) is 9.78 Å². The van der Waals surface area contributed by atoms with Crippen LogP contribution >= 0.6 is 0 Å². The molecule has 0 aliphatic carbocycles. The minimum Gasteiger partial charge on any atom is -0.352 e. The van der Waals surface area contributed by atoms with Crippen molar-refractivity contribution in [1.82, 2.24) is 20.1 Å². The van der Waals surface area contributed by atoms with E-state index < -0.39 is 15.1 Å². The Hall–Kier alpha value is -3.33. The Morgan fingerprint density at radius 1 is 0.909 bits per heavy atom. The van der Waals surface area contributed by atoms with Crippen LogP contribution in [0, 0.1) is 0 Å². The molecule has 33 heavy (non-hydrogen) atoms.